The average Bonchev–Trinajstić information content (AvgIpc) is 2.90. The van der Waals surface area contributed by atoms with E-state index in [-0.39, 0.29) is 30.3 Å². The number of amides is 2. The first-order valence-corrected chi connectivity index (χ1v) is 8.55. The lowest BCUT2D eigenvalue weighted by Crippen LogP contribution is -2.44. The highest BCUT2D eigenvalue weighted by Crippen LogP contribution is 2.38. The van der Waals surface area contributed by atoms with Crippen LogP contribution in [0.5, 0.6) is 0 Å². The first-order chi connectivity index (χ1) is 12.0. The average molecular weight is 340 g/mol. The van der Waals surface area contributed by atoms with Gasteiger partial charge in [-0.1, -0.05) is 25.0 Å². The minimum atomic E-state index is -0.913. The number of nitriles is 1. The van der Waals surface area contributed by atoms with Gasteiger partial charge in [0, 0.05) is 0 Å². The van der Waals surface area contributed by atoms with Crippen LogP contribution >= 0.6 is 0 Å². The molecule has 1 saturated carbocycles. The van der Waals surface area contributed by atoms with E-state index in [1.807, 2.05) is 6.07 Å². The Balaban J connectivity index is 1.62. The lowest BCUT2D eigenvalue weighted by molar-refractivity contribution is -0.159. The van der Waals surface area contributed by atoms with Gasteiger partial charge in [-0.15, -0.1) is 0 Å². The van der Waals surface area contributed by atoms with Crippen molar-refractivity contribution >= 4 is 17.8 Å². The van der Waals surface area contributed by atoms with E-state index in [9.17, 15) is 14.4 Å². The maximum Gasteiger partial charge on any atom is 0.329 e. The summed E-state index contributed by atoms with van der Waals surface area (Å²) in [4.78, 5) is 38.4. The second kappa shape index (κ2) is 7.06. The van der Waals surface area contributed by atoms with Gasteiger partial charge < -0.3 is 4.74 Å². The molecule has 1 saturated heterocycles. The van der Waals surface area contributed by atoms with Crippen LogP contribution in [0.3, 0.4) is 0 Å². The summed E-state index contributed by atoms with van der Waals surface area (Å²) in [6.07, 6.45) is 3.34. The fraction of sp³-hybridized carbons (Fsp3) is 0.474. The Bertz CT molecular complexity index is 711. The van der Waals surface area contributed by atoms with Crippen molar-refractivity contribution in [3.05, 3.63) is 35.4 Å². The van der Waals surface area contributed by atoms with E-state index >= 15 is 0 Å². The highest BCUT2D eigenvalue weighted by Gasteiger charge is 2.51. The minimum Gasteiger partial charge on any atom is -0.459 e. The maximum absolute atomic E-state index is 12.5. The van der Waals surface area contributed by atoms with Gasteiger partial charge in [0.1, 0.15) is 12.6 Å². The Morgan fingerprint density at radius 1 is 1.20 bits per heavy atom. The molecule has 3 atom stereocenters. The smallest absolute Gasteiger partial charge is 0.329 e. The molecule has 0 bridgehead atoms. The van der Waals surface area contributed by atoms with E-state index in [0.717, 1.165) is 36.1 Å². The normalized spacial score (nSPS) is 23.8. The molecule has 0 radical (unpaired) electrons. The van der Waals surface area contributed by atoms with Crippen molar-refractivity contribution in [2.24, 2.45) is 11.8 Å². The summed E-state index contributed by atoms with van der Waals surface area (Å²) in [5.74, 6) is -1.61. The Labute approximate surface area is 146 Å². The van der Waals surface area contributed by atoms with Gasteiger partial charge in [0.05, 0.1) is 23.5 Å². The number of rotatable bonds is 4. The van der Waals surface area contributed by atoms with Crippen LogP contribution in [0, 0.1) is 23.2 Å². The zero-order valence-electron chi connectivity index (χ0n) is 14.1. The molecule has 0 N–H and O–H groups in total. The lowest BCUT2D eigenvalue weighted by Gasteiger charge is -2.21. The summed E-state index contributed by atoms with van der Waals surface area (Å²) in [7, 11) is 0. The minimum absolute atomic E-state index is 0.0396. The zero-order valence-corrected chi connectivity index (χ0v) is 14.1. The molecule has 0 unspecified atom stereocenters. The molecule has 1 heterocycles. The Kier molecular flexibility index (Phi) is 4.84. The van der Waals surface area contributed by atoms with Gasteiger partial charge >= 0.3 is 5.97 Å². The van der Waals surface area contributed by atoms with E-state index in [1.54, 1.807) is 24.3 Å². The molecule has 1 aliphatic carbocycles. The molecule has 3 rings (SSSR count). The molecule has 1 aromatic carbocycles. The number of hydrogen-bond donors (Lipinski definition) is 0. The van der Waals surface area contributed by atoms with Gasteiger partial charge in [0.2, 0.25) is 11.8 Å². The number of benzene rings is 1. The molecule has 1 aromatic rings. The van der Waals surface area contributed by atoms with Crippen LogP contribution in [0.4, 0.5) is 0 Å². The molecule has 2 aliphatic rings. The number of carbonyl (C=O) groups is 3. The molecule has 6 nitrogen and oxygen atoms in total. The molecule has 0 aromatic heterocycles. The molecule has 2 fully saturated rings. The summed E-state index contributed by atoms with van der Waals surface area (Å²) in [5, 5.41) is 8.77. The van der Waals surface area contributed by atoms with Crippen LogP contribution in [0.15, 0.2) is 24.3 Å². The maximum atomic E-state index is 12.5. The van der Waals surface area contributed by atoms with Crippen LogP contribution in [0.2, 0.25) is 0 Å². The topological polar surface area (TPSA) is 87.5 Å². The van der Waals surface area contributed by atoms with Crippen molar-refractivity contribution in [1.29, 1.82) is 5.26 Å². The third-order valence-corrected chi connectivity index (χ3v) is 5.07. The predicted molar refractivity (Wildman–Crippen MR) is 87.7 cm³/mol. The van der Waals surface area contributed by atoms with Crippen molar-refractivity contribution in [2.75, 3.05) is 0 Å². The summed E-state index contributed by atoms with van der Waals surface area (Å²) in [6, 6.07) is 7.80. The third kappa shape index (κ3) is 3.27. The van der Waals surface area contributed by atoms with Crippen LogP contribution in [0.1, 0.15) is 43.7 Å². The SMILES string of the molecule is C[C@H](C(=O)OCc1ccc(C#N)cc1)N1C(=O)[C@H]2CCCC[C@H]2C1=O. The third-order valence-electron chi connectivity index (χ3n) is 5.07. The molecular formula is C19H20N2O4. The first-order valence-electron chi connectivity index (χ1n) is 8.55. The Hall–Kier alpha value is -2.68. The second-order valence-electron chi connectivity index (χ2n) is 6.64. The molecule has 1 aliphatic heterocycles. The van der Waals surface area contributed by atoms with E-state index < -0.39 is 12.0 Å². The Morgan fingerprint density at radius 2 is 1.76 bits per heavy atom. The molecule has 6 heteroatoms. The van der Waals surface area contributed by atoms with Crippen molar-refractivity contribution in [3.63, 3.8) is 0 Å². The fourth-order valence-corrected chi connectivity index (χ4v) is 3.63. The highest BCUT2D eigenvalue weighted by atomic mass is 16.5. The number of carbonyl (C=O) groups excluding carboxylic acids is 3. The van der Waals surface area contributed by atoms with Gasteiger partial charge in [-0.25, -0.2) is 4.79 Å². The number of fused-ring (bicyclic) bond motifs is 1. The highest BCUT2D eigenvalue weighted by molar-refractivity contribution is 6.07. The number of hydrogen-bond acceptors (Lipinski definition) is 5. The summed E-state index contributed by atoms with van der Waals surface area (Å²) in [5.41, 5.74) is 1.27. The van der Waals surface area contributed by atoms with E-state index in [0.29, 0.717) is 5.56 Å². The van der Waals surface area contributed by atoms with Crippen LogP contribution < -0.4 is 0 Å². The molecule has 0 spiro atoms. The molecule has 2 amide bonds. The van der Waals surface area contributed by atoms with Crippen molar-refractivity contribution in [2.45, 2.75) is 45.3 Å². The first kappa shape index (κ1) is 17.2. The van der Waals surface area contributed by atoms with Crippen LogP contribution in [-0.2, 0) is 25.7 Å². The lowest BCUT2D eigenvalue weighted by atomic mass is 9.81. The zero-order chi connectivity index (χ0) is 18.0. The number of esters is 1. The monoisotopic (exact) mass is 340 g/mol. The van der Waals surface area contributed by atoms with Crippen LogP contribution in [0.25, 0.3) is 0 Å². The van der Waals surface area contributed by atoms with E-state index in [1.165, 1.54) is 6.92 Å². The van der Waals surface area contributed by atoms with Crippen molar-refractivity contribution in [1.82, 2.24) is 4.90 Å². The van der Waals surface area contributed by atoms with E-state index in [2.05, 4.69) is 0 Å². The predicted octanol–water partition coefficient (Wildman–Crippen LogP) is 2.17. The number of ether oxygens (including phenoxy) is 1. The Morgan fingerprint density at radius 3 is 2.28 bits per heavy atom. The second-order valence-corrected chi connectivity index (χ2v) is 6.64. The van der Waals surface area contributed by atoms with Gasteiger partial charge in [-0.2, -0.15) is 5.26 Å². The fourth-order valence-electron chi connectivity index (χ4n) is 3.63. The van der Waals surface area contributed by atoms with Gasteiger partial charge in [-0.3, -0.25) is 14.5 Å². The number of likely N-dealkylation sites (tertiary alicyclic amines) is 1. The van der Waals surface area contributed by atoms with Gasteiger partial charge in [-0.05, 0) is 37.5 Å². The number of nitrogens with zero attached hydrogens (tertiary/aromatic N) is 2. The van der Waals surface area contributed by atoms with Crippen LogP contribution in [-0.4, -0.2) is 28.7 Å². The quantitative estimate of drug-likeness (QED) is 0.619. The summed E-state index contributed by atoms with van der Waals surface area (Å²) < 4.78 is 5.26. The van der Waals surface area contributed by atoms with Crippen molar-refractivity contribution in [3.8, 4) is 6.07 Å². The summed E-state index contributed by atoms with van der Waals surface area (Å²) in [6.45, 7) is 1.58. The molecular weight excluding hydrogens is 320 g/mol. The summed E-state index contributed by atoms with van der Waals surface area (Å²) >= 11 is 0. The van der Waals surface area contributed by atoms with Gasteiger partial charge in [0.25, 0.3) is 0 Å². The number of imide groups is 1. The van der Waals surface area contributed by atoms with E-state index in [4.69, 9.17) is 10.00 Å². The van der Waals surface area contributed by atoms with Crippen molar-refractivity contribution < 1.29 is 19.1 Å². The molecule has 25 heavy (non-hydrogen) atoms. The standard InChI is InChI=1S/C19H20N2O4/c1-12(19(24)25-11-14-8-6-13(10-20)7-9-14)21-17(22)15-4-2-3-5-16(15)18(21)23/h6-9,12,15-16H,2-5,11H2,1H3/t12-,15-,16+/m1/s1. The van der Waals surface area contributed by atoms with Gasteiger partial charge in [0.15, 0.2) is 0 Å². The largest absolute Gasteiger partial charge is 0.459 e. The molecule has 130 valence electrons.